The molecule has 0 saturated heterocycles. The average Bonchev–Trinajstić information content (AvgIpc) is 1.81. The van der Waals surface area contributed by atoms with Gasteiger partial charge in [0.15, 0.2) is 0 Å². The first-order valence-corrected chi connectivity index (χ1v) is 2.33. The molecule has 0 aromatic carbocycles. The van der Waals surface area contributed by atoms with Crippen LogP contribution >= 0.6 is 0 Å². The molecule has 0 unspecified atom stereocenters. The van der Waals surface area contributed by atoms with Crippen LogP contribution in [0, 0.1) is 0 Å². The smallest absolute Gasteiger partial charge is 0.0267 e. The molecule has 0 aromatic rings. The van der Waals surface area contributed by atoms with Gasteiger partial charge in [0.2, 0.25) is 0 Å². The zero-order valence-corrected chi connectivity index (χ0v) is 4.75. The second-order valence-corrected chi connectivity index (χ2v) is 1.10. The third-order valence-corrected chi connectivity index (χ3v) is 0.525. The van der Waals surface area contributed by atoms with E-state index in [0.717, 1.165) is 0 Å². The fourth-order valence-electron chi connectivity index (χ4n) is 0.239. The van der Waals surface area contributed by atoms with Gasteiger partial charge in [0.25, 0.3) is 0 Å². The monoisotopic (exact) mass is 107 g/mol. The summed E-state index contributed by atoms with van der Waals surface area (Å²) in [6.45, 7) is 6.88. The molecule has 0 fully saturated rings. The molecule has 1 nitrogen and oxygen atoms in total. The molecule has 0 rings (SSSR count). The van der Waals surface area contributed by atoms with Crippen molar-refractivity contribution in [1.82, 2.24) is 0 Å². The molecule has 0 radical (unpaired) electrons. The summed E-state index contributed by atoms with van der Waals surface area (Å²) in [6, 6.07) is 0. The highest BCUT2D eigenvalue weighted by Gasteiger charge is 1.55. The molecule has 1 heteroatoms. The number of aliphatic imine (C=N–C) groups is 1. The summed E-state index contributed by atoms with van der Waals surface area (Å²) in [4.78, 5) is 3.71. The maximum atomic E-state index is 3.71. The van der Waals surface area contributed by atoms with Gasteiger partial charge in [-0.3, -0.25) is 4.99 Å². The topological polar surface area (TPSA) is 12.4 Å². The van der Waals surface area contributed by atoms with Gasteiger partial charge in [0, 0.05) is 12.4 Å². The Bertz CT molecular complexity index is 104. The Kier molecular flexibility index (Phi) is 5.07. The molecule has 0 atom stereocenters. The van der Waals surface area contributed by atoms with E-state index in [0.29, 0.717) is 0 Å². The van der Waals surface area contributed by atoms with Crippen LogP contribution in [0.3, 0.4) is 0 Å². The van der Waals surface area contributed by atoms with Gasteiger partial charge in [0.1, 0.15) is 0 Å². The zero-order chi connectivity index (χ0) is 6.24. The first kappa shape index (κ1) is 6.89. The molecule has 8 heavy (non-hydrogen) atoms. The van der Waals surface area contributed by atoms with Crippen LogP contribution in [-0.4, -0.2) is 6.21 Å². The van der Waals surface area contributed by atoms with Gasteiger partial charge >= 0.3 is 0 Å². The van der Waals surface area contributed by atoms with E-state index in [2.05, 4.69) is 18.2 Å². The van der Waals surface area contributed by atoms with E-state index in [1.807, 2.05) is 0 Å². The lowest BCUT2D eigenvalue weighted by Crippen LogP contribution is -1.57. The highest BCUT2D eigenvalue weighted by atomic mass is 14.6. The highest BCUT2D eigenvalue weighted by Crippen LogP contribution is 1.69. The minimum atomic E-state index is 1.48. The summed E-state index contributed by atoms with van der Waals surface area (Å²) in [7, 11) is 0. The number of hydrogen-bond donors (Lipinski definition) is 0. The van der Waals surface area contributed by atoms with Crippen LogP contribution in [0.5, 0.6) is 0 Å². The van der Waals surface area contributed by atoms with Gasteiger partial charge in [-0.1, -0.05) is 25.3 Å². The second-order valence-electron chi connectivity index (χ2n) is 1.10. The van der Waals surface area contributed by atoms with Gasteiger partial charge in [-0.25, -0.2) is 0 Å². The van der Waals surface area contributed by atoms with E-state index < -0.39 is 0 Å². The van der Waals surface area contributed by atoms with E-state index >= 15 is 0 Å². The summed E-state index contributed by atoms with van der Waals surface area (Å²) in [5, 5.41) is 0. The Labute approximate surface area is 49.8 Å². The molecule has 0 amide bonds. The van der Waals surface area contributed by atoms with Gasteiger partial charge < -0.3 is 0 Å². The van der Waals surface area contributed by atoms with Crippen LogP contribution in [0.1, 0.15) is 0 Å². The zero-order valence-electron chi connectivity index (χ0n) is 4.75. The summed E-state index contributed by atoms with van der Waals surface area (Å²) < 4.78 is 0. The molecular formula is C7H9N. The minimum Gasteiger partial charge on any atom is -0.265 e. The molecule has 0 aliphatic rings. The van der Waals surface area contributed by atoms with Crippen molar-refractivity contribution in [3.05, 3.63) is 37.6 Å². The van der Waals surface area contributed by atoms with Gasteiger partial charge in [0.05, 0.1) is 0 Å². The van der Waals surface area contributed by atoms with Crippen molar-refractivity contribution >= 4 is 6.21 Å². The summed E-state index contributed by atoms with van der Waals surface area (Å²) in [5.74, 6) is 0. The van der Waals surface area contributed by atoms with Gasteiger partial charge in [-0.05, 0) is 6.08 Å². The van der Waals surface area contributed by atoms with Crippen LogP contribution in [0.2, 0.25) is 0 Å². The van der Waals surface area contributed by atoms with Gasteiger partial charge in [-0.15, -0.1) is 0 Å². The standard InChI is InChI=1S/C7H9N/c1-3-5-6-7-8-4-2/h3-7H,1-2H2/b6-5-,8-7+. The molecule has 0 aliphatic heterocycles. The first-order chi connectivity index (χ1) is 3.91. The van der Waals surface area contributed by atoms with Crippen molar-refractivity contribution in [3.63, 3.8) is 0 Å². The lowest BCUT2D eigenvalue weighted by atomic mass is 10.5. The van der Waals surface area contributed by atoms with Crippen molar-refractivity contribution in [2.24, 2.45) is 4.99 Å². The Morgan fingerprint density at radius 1 is 1.12 bits per heavy atom. The highest BCUT2D eigenvalue weighted by molar-refractivity contribution is 5.71. The maximum absolute atomic E-state index is 3.71. The molecular weight excluding hydrogens is 98.1 g/mol. The quantitative estimate of drug-likeness (QED) is 0.386. The predicted molar refractivity (Wildman–Crippen MR) is 38.0 cm³/mol. The average molecular weight is 107 g/mol. The lowest BCUT2D eigenvalue weighted by molar-refractivity contribution is 1.63. The Balaban J connectivity index is 3.41. The Hall–Kier alpha value is -1.11. The summed E-state index contributed by atoms with van der Waals surface area (Å²) >= 11 is 0. The van der Waals surface area contributed by atoms with E-state index in [4.69, 9.17) is 0 Å². The van der Waals surface area contributed by atoms with E-state index in [1.165, 1.54) is 6.20 Å². The third-order valence-electron chi connectivity index (χ3n) is 0.525. The Morgan fingerprint density at radius 2 is 1.88 bits per heavy atom. The molecule has 0 aromatic heterocycles. The second kappa shape index (κ2) is 5.89. The number of rotatable bonds is 3. The van der Waals surface area contributed by atoms with Crippen molar-refractivity contribution in [2.75, 3.05) is 0 Å². The van der Waals surface area contributed by atoms with E-state index in [-0.39, 0.29) is 0 Å². The van der Waals surface area contributed by atoms with Crippen LogP contribution in [0.25, 0.3) is 0 Å². The number of hydrogen-bond acceptors (Lipinski definition) is 1. The normalized spacial score (nSPS) is 10.5. The van der Waals surface area contributed by atoms with E-state index in [1.54, 1.807) is 24.4 Å². The maximum Gasteiger partial charge on any atom is 0.0267 e. The lowest BCUT2D eigenvalue weighted by Gasteiger charge is -1.67. The van der Waals surface area contributed by atoms with Crippen LogP contribution in [0.4, 0.5) is 0 Å². The van der Waals surface area contributed by atoms with Crippen molar-refractivity contribution in [1.29, 1.82) is 0 Å². The number of allylic oxidation sites excluding steroid dienone is 3. The molecule has 0 saturated carbocycles. The largest absolute Gasteiger partial charge is 0.265 e. The molecule has 0 heterocycles. The molecule has 0 N–H and O–H groups in total. The third kappa shape index (κ3) is 4.89. The van der Waals surface area contributed by atoms with Crippen molar-refractivity contribution < 1.29 is 0 Å². The van der Waals surface area contributed by atoms with Crippen LogP contribution < -0.4 is 0 Å². The molecule has 0 aliphatic carbocycles. The van der Waals surface area contributed by atoms with E-state index in [9.17, 15) is 0 Å². The molecule has 0 spiro atoms. The predicted octanol–water partition coefficient (Wildman–Crippen LogP) is 1.94. The number of nitrogens with zero attached hydrogens (tertiary/aromatic N) is 1. The fraction of sp³-hybridized carbons (Fsp3) is 0. The summed E-state index contributed by atoms with van der Waals surface area (Å²) in [5.41, 5.74) is 0. The van der Waals surface area contributed by atoms with Crippen molar-refractivity contribution in [2.45, 2.75) is 0 Å². The first-order valence-electron chi connectivity index (χ1n) is 2.33. The van der Waals surface area contributed by atoms with Gasteiger partial charge in [-0.2, -0.15) is 0 Å². The molecule has 42 valence electrons. The van der Waals surface area contributed by atoms with Crippen LogP contribution in [0.15, 0.2) is 42.6 Å². The van der Waals surface area contributed by atoms with Crippen LogP contribution in [-0.2, 0) is 0 Å². The Morgan fingerprint density at radius 3 is 2.38 bits per heavy atom. The summed E-state index contributed by atoms with van der Waals surface area (Å²) in [6.07, 6.45) is 8.40. The molecule has 0 bridgehead atoms. The van der Waals surface area contributed by atoms with Crippen molar-refractivity contribution in [3.8, 4) is 0 Å². The minimum absolute atomic E-state index is 1.48. The SMILES string of the molecule is C=C/C=C\C=N\C=C. The fourth-order valence-corrected chi connectivity index (χ4v) is 0.239.